The molecule has 0 aliphatic carbocycles. The Kier molecular flexibility index (Phi) is 16.9. The summed E-state index contributed by atoms with van der Waals surface area (Å²) >= 11 is 0. The molecular formula is C18H38O2. The van der Waals surface area contributed by atoms with Crippen molar-refractivity contribution in [2.75, 3.05) is 13.2 Å². The van der Waals surface area contributed by atoms with Gasteiger partial charge in [0.25, 0.3) is 0 Å². The molecule has 1 atom stereocenters. The van der Waals surface area contributed by atoms with Gasteiger partial charge in [-0.2, -0.15) is 0 Å². The Bertz CT molecular complexity index is 171. The molecule has 0 fully saturated rings. The molecule has 0 aliphatic heterocycles. The fraction of sp³-hybridized carbons (Fsp3) is 1.00. The number of ether oxygens (including phenoxy) is 1. The van der Waals surface area contributed by atoms with Crippen molar-refractivity contribution in [2.45, 2.75) is 103 Å². The molecule has 1 unspecified atom stereocenters. The molecule has 0 saturated heterocycles. The maximum absolute atomic E-state index is 8.87. The minimum Gasteiger partial charge on any atom is -0.394 e. The summed E-state index contributed by atoms with van der Waals surface area (Å²) in [4.78, 5) is 0. The molecule has 0 aliphatic rings. The molecule has 0 aromatic heterocycles. The summed E-state index contributed by atoms with van der Waals surface area (Å²) < 4.78 is 5.75. The fourth-order valence-corrected chi connectivity index (χ4v) is 2.66. The molecule has 0 radical (unpaired) electrons. The summed E-state index contributed by atoms with van der Waals surface area (Å²) in [5.41, 5.74) is 0. The van der Waals surface area contributed by atoms with E-state index < -0.39 is 0 Å². The van der Waals surface area contributed by atoms with Crippen LogP contribution < -0.4 is 0 Å². The van der Waals surface area contributed by atoms with Crippen molar-refractivity contribution in [3.63, 3.8) is 0 Å². The van der Waals surface area contributed by atoms with Gasteiger partial charge in [-0.1, -0.05) is 84.5 Å². The molecular weight excluding hydrogens is 248 g/mol. The van der Waals surface area contributed by atoms with Gasteiger partial charge in [-0.15, -0.1) is 0 Å². The minimum atomic E-state index is 0.154. The molecule has 0 saturated carbocycles. The van der Waals surface area contributed by atoms with Gasteiger partial charge in [-0.05, 0) is 12.8 Å². The predicted molar refractivity (Wildman–Crippen MR) is 88.2 cm³/mol. The highest BCUT2D eigenvalue weighted by Gasteiger charge is 2.08. The normalized spacial score (nSPS) is 12.8. The van der Waals surface area contributed by atoms with E-state index >= 15 is 0 Å². The van der Waals surface area contributed by atoms with E-state index in [-0.39, 0.29) is 6.61 Å². The van der Waals surface area contributed by atoms with Crippen LogP contribution in [0.5, 0.6) is 0 Å². The van der Waals surface area contributed by atoms with Crippen LogP contribution in [0.2, 0.25) is 0 Å². The number of hydrogen-bond acceptors (Lipinski definition) is 2. The average Bonchev–Trinajstić information content (AvgIpc) is 2.47. The van der Waals surface area contributed by atoms with Crippen molar-refractivity contribution in [1.29, 1.82) is 0 Å². The molecule has 0 amide bonds. The van der Waals surface area contributed by atoms with E-state index in [0.717, 1.165) is 0 Å². The smallest absolute Gasteiger partial charge is 0.0701 e. The summed E-state index contributed by atoms with van der Waals surface area (Å²) in [6.45, 7) is 5.17. The van der Waals surface area contributed by atoms with Crippen LogP contribution in [0.15, 0.2) is 0 Å². The fourth-order valence-electron chi connectivity index (χ4n) is 2.66. The van der Waals surface area contributed by atoms with Crippen LogP contribution in [-0.4, -0.2) is 24.4 Å². The lowest BCUT2D eigenvalue weighted by Crippen LogP contribution is -2.15. The Balaban J connectivity index is 3.46. The number of aliphatic hydroxyl groups excluding tert-OH is 1. The molecule has 2 heteroatoms. The lowest BCUT2D eigenvalue weighted by atomic mass is 10.0. The second kappa shape index (κ2) is 17.0. The Morgan fingerprint density at radius 1 is 0.700 bits per heavy atom. The van der Waals surface area contributed by atoms with E-state index in [0.29, 0.717) is 12.7 Å². The Hall–Kier alpha value is -0.0800. The van der Waals surface area contributed by atoms with E-state index in [2.05, 4.69) is 13.8 Å². The zero-order chi connectivity index (χ0) is 14.9. The quantitative estimate of drug-likeness (QED) is 0.381. The van der Waals surface area contributed by atoms with Crippen LogP contribution in [-0.2, 0) is 4.74 Å². The molecule has 0 spiro atoms. The highest BCUT2D eigenvalue weighted by molar-refractivity contribution is 4.60. The van der Waals surface area contributed by atoms with Gasteiger partial charge < -0.3 is 9.84 Å². The third kappa shape index (κ3) is 14.3. The third-order valence-electron chi connectivity index (χ3n) is 3.95. The molecule has 0 bridgehead atoms. The zero-order valence-electron chi connectivity index (χ0n) is 14.0. The van der Waals surface area contributed by atoms with Crippen molar-refractivity contribution in [2.24, 2.45) is 0 Å². The number of unbranched alkanes of at least 4 members (excludes halogenated alkanes) is 9. The van der Waals surface area contributed by atoms with Crippen LogP contribution in [0.3, 0.4) is 0 Å². The molecule has 0 aromatic rings. The van der Waals surface area contributed by atoms with Crippen molar-refractivity contribution < 1.29 is 9.84 Å². The van der Waals surface area contributed by atoms with Crippen LogP contribution >= 0.6 is 0 Å². The van der Waals surface area contributed by atoms with Crippen molar-refractivity contribution in [1.82, 2.24) is 0 Å². The maximum Gasteiger partial charge on any atom is 0.0701 e. The van der Waals surface area contributed by atoms with Crippen LogP contribution in [0.25, 0.3) is 0 Å². The van der Waals surface area contributed by atoms with Crippen molar-refractivity contribution in [3.05, 3.63) is 0 Å². The van der Waals surface area contributed by atoms with E-state index in [1.807, 2.05) is 0 Å². The third-order valence-corrected chi connectivity index (χ3v) is 3.95. The number of rotatable bonds is 16. The Morgan fingerprint density at radius 2 is 1.15 bits per heavy atom. The number of aliphatic hydroxyl groups is 1. The second-order valence-corrected chi connectivity index (χ2v) is 5.98. The SMILES string of the molecule is CCCCCCCCCCC(CCCCC)OCCO. The first-order valence-corrected chi connectivity index (χ1v) is 9.07. The van der Waals surface area contributed by atoms with Crippen LogP contribution in [0.4, 0.5) is 0 Å². The van der Waals surface area contributed by atoms with Gasteiger partial charge in [0.15, 0.2) is 0 Å². The Morgan fingerprint density at radius 3 is 1.70 bits per heavy atom. The first-order valence-electron chi connectivity index (χ1n) is 9.07. The molecule has 1 N–H and O–H groups in total. The van der Waals surface area contributed by atoms with Crippen LogP contribution in [0, 0.1) is 0 Å². The van der Waals surface area contributed by atoms with E-state index in [9.17, 15) is 0 Å². The highest BCUT2D eigenvalue weighted by atomic mass is 16.5. The van der Waals surface area contributed by atoms with Crippen molar-refractivity contribution >= 4 is 0 Å². The van der Waals surface area contributed by atoms with Gasteiger partial charge in [-0.25, -0.2) is 0 Å². The maximum atomic E-state index is 8.87. The number of hydrogen-bond donors (Lipinski definition) is 1. The second-order valence-electron chi connectivity index (χ2n) is 5.98. The largest absolute Gasteiger partial charge is 0.394 e. The first-order chi connectivity index (χ1) is 9.85. The monoisotopic (exact) mass is 286 g/mol. The summed E-state index contributed by atoms with van der Waals surface area (Å²) in [6.07, 6.45) is 17.5. The molecule has 2 nitrogen and oxygen atoms in total. The average molecular weight is 286 g/mol. The van der Waals surface area contributed by atoms with Gasteiger partial charge in [0, 0.05) is 0 Å². The van der Waals surface area contributed by atoms with E-state index in [1.54, 1.807) is 0 Å². The molecule has 0 aromatic carbocycles. The van der Waals surface area contributed by atoms with Gasteiger partial charge in [-0.3, -0.25) is 0 Å². The van der Waals surface area contributed by atoms with Gasteiger partial charge in [0.1, 0.15) is 0 Å². The summed E-state index contributed by atoms with van der Waals surface area (Å²) in [6, 6.07) is 0. The van der Waals surface area contributed by atoms with Crippen LogP contribution in [0.1, 0.15) is 97.3 Å². The first kappa shape index (κ1) is 19.9. The topological polar surface area (TPSA) is 29.5 Å². The molecule has 20 heavy (non-hydrogen) atoms. The Labute approximate surface area is 127 Å². The predicted octanol–water partition coefficient (Wildman–Crippen LogP) is 5.48. The van der Waals surface area contributed by atoms with E-state index in [4.69, 9.17) is 9.84 Å². The summed E-state index contributed by atoms with van der Waals surface area (Å²) in [5.74, 6) is 0. The van der Waals surface area contributed by atoms with Gasteiger partial charge in [0.2, 0.25) is 0 Å². The molecule has 122 valence electrons. The summed E-state index contributed by atoms with van der Waals surface area (Å²) in [7, 11) is 0. The van der Waals surface area contributed by atoms with E-state index in [1.165, 1.54) is 83.5 Å². The highest BCUT2D eigenvalue weighted by Crippen LogP contribution is 2.16. The van der Waals surface area contributed by atoms with Gasteiger partial charge >= 0.3 is 0 Å². The summed E-state index contributed by atoms with van der Waals surface area (Å²) in [5, 5.41) is 8.87. The van der Waals surface area contributed by atoms with Gasteiger partial charge in [0.05, 0.1) is 19.3 Å². The minimum absolute atomic E-state index is 0.154. The molecule has 0 heterocycles. The lowest BCUT2D eigenvalue weighted by molar-refractivity contribution is 0.0168. The standard InChI is InChI=1S/C18H38O2/c1-3-5-7-8-9-10-11-13-15-18(20-17-16-19)14-12-6-4-2/h18-19H,3-17H2,1-2H3. The van der Waals surface area contributed by atoms with Crippen molar-refractivity contribution in [3.8, 4) is 0 Å². The zero-order valence-corrected chi connectivity index (χ0v) is 14.0. The molecule has 0 rings (SSSR count). The lowest BCUT2D eigenvalue weighted by Gasteiger charge is -2.17.